The Morgan fingerprint density at radius 1 is 0.914 bits per heavy atom. The summed E-state index contributed by atoms with van der Waals surface area (Å²) < 4.78 is 5.66. The summed E-state index contributed by atoms with van der Waals surface area (Å²) in [6.45, 7) is 1.83. The highest BCUT2D eigenvalue weighted by molar-refractivity contribution is 6.05. The van der Waals surface area contributed by atoms with Crippen molar-refractivity contribution in [3.8, 4) is 11.3 Å². The minimum absolute atomic E-state index is 0.0612. The average Bonchev–Trinajstić information content (AvgIpc) is 3.34. The molecule has 0 unspecified atom stereocenters. The van der Waals surface area contributed by atoms with E-state index in [2.05, 4.69) is 10.6 Å². The van der Waals surface area contributed by atoms with Gasteiger partial charge in [0, 0.05) is 29.1 Å². The highest BCUT2D eigenvalue weighted by Gasteiger charge is 2.16. The lowest BCUT2D eigenvalue weighted by molar-refractivity contribution is -0.384. The number of nitrogens with zero attached hydrogens (tertiary/aromatic N) is 1. The number of rotatable bonds is 7. The maximum Gasteiger partial charge on any atom is 0.280 e. The molecule has 8 nitrogen and oxygen atoms in total. The quantitative estimate of drug-likeness (QED) is 0.195. The van der Waals surface area contributed by atoms with E-state index in [-0.39, 0.29) is 17.5 Å². The first-order valence-corrected chi connectivity index (χ1v) is 10.7. The Morgan fingerprint density at radius 3 is 2.40 bits per heavy atom. The molecule has 3 aromatic carbocycles. The molecule has 0 fully saturated rings. The Kier molecular flexibility index (Phi) is 6.83. The van der Waals surface area contributed by atoms with Gasteiger partial charge in [-0.3, -0.25) is 19.7 Å². The van der Waals surface area contributed by atoms with Gasteiger partial charge in [-0.1, -0.05) is 30.3 Å². The van der Waals surface area contributed by atoms with Crippen molar-refractivity contribution in [1.82, 2.24) is 0 Å². The van der Waals surface area contributed by atoms with E-state index in [1.807, 2.05) is 13.0 Å². The molecule has 4 rings (SSSR count). The molecule has 35 heavy (non-hydrogen) atoms. The SMILES string of the molecule is Cc1cc(NC(=O)/C=C/c2ccc(-c3ccccc3[N+](=O)[O-])o2)ccc1NC(=O)c1ccccc1. The van der Waals surface area contributed by atoms with E-state index >= 15 is 0 Å². The number of anilines is 2. The molecule has 1 aromatic heterocycles. The van der Waals surface area contributed by atoms with Crippen LogP contribution in [0, 0.1) is 17.0 Å². The Bertz CT molecular complexity index is 1420. The lowest BCUT2D eigenvalue weighted by Crippen LogP contribution is -2.13. The van der Waals surface area contributed by atoms with Crippen LogP contribution in [0.2, 0.25) is 0 Å². The van der Waals surface area contributed by atoms with Gasteiger partial charge >= 0.3 is 0 Å². The van der Waals surface area contributed by atoms with E-state index in [1.54, 1.807) is 72.8 Å². The second kappa shape index (κ2) is 10.3. The fourth-order valence-electron chi connectivity index (χ4n) is 3.44. The number of furan rings is 1. The molecule has 2 N–H and O–H groups in total. The van der Waals surface area contributed by atoms with Gasteiger partial charge in [0.1, 0.15) is 11.5 Å². The summed E-state index contributed by atoms with van der Waals surface area (Å²) in [5.41, 5.74) is 2.85. The van der Waals surface area contributed by atoms with Gasteiger partial charge in [-0.2, -0.15) is 0 Å². The summed E-state index contributed by atoms with van der Waals surface area (Å²) in [7, 11) is 0. The molecule has 2 amide bonds. The molecule has 0 saturated carbocycles. The van der Waals surface area contributed by atoms with Crippen LogP contribution in [0.1, 0.15) is 21.7 Å². The molecule has 174 valence electrons. The summed E-state index contributed by atoms with van der Waals surface area (Å²) in [6, 6.07) is 23.6. The van der Waals surface area contributed by atoms with Gasteiger partial charge in [0.25, 0.3) is 11.6 Å². The number of benzene rings is 3. The summed E-state index contributed by atoms with van der Waals surface area (Å²) >= 11 is 0. The number of hydrogen-bond acceptors (Lipinski definition) is 5. The minimum Gasteiger partial charge on any atom is -0.456 e. The summed E-state index contributed by atoms with van der Waals surface area (Å²) in [4.78, 5) is 35.5. The second-order valence-corrected chi connectivity index (χ2v) is 7.65. The number of aryl methyl sites for hydroxylation is 1. The molecular formula is C27H21N3O5. The number of amides is 2. The first-order valence-electron chi connectivity index (χ1n) is 10.7. The van der Waals surface area contributed by atoms with Crippen LogP contribution in [0.15, 0.2) is 95.4 Å². The van der Waals surface area contributed by atoms with E-state index in [4.69, 9.17) is 4.42 Å². The van der Waals surface area contributed by atoms with Gasteiger partial charge in [-0.25, -0.2) is 0 Å². The van der Waals surface area contributed by atoms with Crippen LogP contribution in [0.25, 0.3) is 17.4 Å². The highest BCUT2D eigenvalue weighted by atomic mass is 16.6. The Hall–Kier alpha value is -4.98. The molecule has 0 aliphatic rings. The predicted octanol–water partition coefficient (Wildman–Crippen LogP) is 6.07. The van der Waals surface area contributed by atoms with Crippen molar-refractivity contribution in [2.75, 3.05) is 10.6 Å². The third kappa shape index (κ3) is 5.69. The van der Waals surface area contributed by atoms with Gasteiger partial charge in [0.05, 0.1) is 10.5 Å². The topological polar surface area (TPSA) is 114 Å². The van der Waals surface area contributed by atoms with Crippen molar-refractivity contribution < 1.29 is 18.9 Å². The van der Waals surface area contributed by atoms with E-state index in [0.717, 1.165) is 5.56 Å². The van der Waals surface area contributed by atoms with Crippen molar-refractivity contribution in [2.45, 2.75) is 6.92 Å². The predicted molar refractivity (Wildman–Crippen MR) is 134 cm³/mol. The van der Waals surface area contributed by atoms with Crippen LogP contribution in [0.4, 0.5) is 17.1 Å². The maximum atomic E-state index is 12.4. The fraction of sp³-hybridized carbons (Fsp3) is 0.0370. The third-order valence-electron chi connectivity index (χ3n) is 5.17. The van der Waals surface area contributed by atoms with Crippen molar-refractivity contribution in [2.24, 2.45) is 0 Å². The van der Waals surface area contributed by atoms with Crippen LogP contribution in [-0.4, -0.2) is 16.7 Å². The van der Waals surface area contributed by atoms with E-state index in [0.29, 0.717) is 34.0 Å². The fourth-order valence-corrected chi connectivity index (χ4v) is 3.44. The standard InChI is InChI=1S/C27H21N3O5/c1-18-17-20(11-14-23(18)29-27(32)19-7-3-2-4-8-19)28-26(31)16-13-21-12-15-25(35-21)22-9-5-6-10-24(22)30(33)34/h2-17H,1H3,(H,28,31)(H,29,32)/b16-13+. The first-order chi connectivity index (χ1) is 16.9. The lowest BCUT2D eigenvalue weighted by Gasteiger charge is -2.10. The molecule has 0 saturated heterocycles. The number of carbonyl (C=O) groups excluding carboxylic acids is 2. The summed E-state index contributed by atoms with van der Waals surface area (Å²) in [6.07, 6.45) is 2.79. The van der Waals surface area contributed by atoms with Crippen LogP contribution >= 0.6 is 0 Å². The Morgan fingerprint density at radius 2 is 1.66 bits per heavy atom. The molecule has 0 atom stereocenters. The summed E-state index contributed by atoms with van der Waals surface area (Å²) in [5, 5.41) is 16.8. The Balaban J connectivity index is 1.39. The first kappa shape index (κ1) is 23.2. The van der Waals surface area contributed by atoms with Gasteiger partial charge < -0.3 is 15.1 Å². The zero-order chi connectivity index (χ0) is 24.8. The Labute approximate surface area is 201 Å². The number of nitro benzene ring substituents is 1. The van der Waals surface area contributed by atoms with Crippen LogP contribution in [-0.2, 0) is 4.79 Å². The van der Waals surface area contributed by atoms with Crippen molar-refractivity contribution >= 4 is 35.0 Å². The highest BCUT2D eigenvalue weighted by Crippen LogP contribution is 2.31. The van der Waals surface area contributed by atoms with Crippen molar-refractivity contribution in [1.29, 1.82) is 0 Å². The van der Waals surface area contributed by atoms with Gasteiger partial charge in [0.15, 0.2) is 0 Å². The molecule has 8 heteroatoms. The molecule has 0 radical (unpaired) electrons. The van der Waals surface area contributed by atoms with Crippen LogP contribution in [0.5, 0.6) is 0 Å². The molecule has 4 aromatic rings. The monoisotopic (exact) mass is 467 g/mol. The molecule has 1 heterocycles. The third-order valence-corrected chi connectivity index (χ3v) is 5.17. The van der Waals surface area contributed by atoms with Gasteiger partial charge in [-0.05, 0) is 67.1 Å². The second-order valence-electron chi connectivity index (χ2n) is 7.65. The maximum absolute atomic E-state index is 12.4. The van der Waals surface area contributed by atoms with Gasteiger partial charge in [-0.15, -0.1) is 0 Å². The number of para-hydroxylation sites is 1. The zero-order valence-electron chi connectivity index (χ0n) is 18.7. The van der Waals surface area contributed by atoms with E-state index in [9.17, 15) is 19.7 Å². The molecular weight excluding hydrogens is 446 g/mol. The smallest absolute Gasteiger partial charge is 0.280 e. The van der Waals surface area contributed by atoms with Crippen LogP contribution < -0.4 is 10.6 Å². The van der Waals surface area contributed by atoms with Crippen molar-refractivity contribution in [3.05, 3.63) is 118 Å². The largest absolute Gasteiger partial charge is 0.456 e. The number of nitrogens with one attached hydrogen (secondary N) is 2. The van der Waals surface area contributed by atoms with E-state index in [1.165, 1.54) is 18.2 Å². The van der Waals surface area contributed by atoms with Crippen molar-refractivity contribution in [3.63, 3.8) is 0 Å². The van der Waals surface area contributed by atoms with Crippen LogP contribution in [0.3, 0.4) is 0 Å². The molecule has 0 aliphatic heterocycles. The minimum atomic E-state index is -0.471. The average molecular weight is 467 g/mol. The summed E-state index contributed by atoms with van der Waals surface area (Å²) in [5.74, 6) is 0.116. The molecule has 0 bridgehead atoms. The van der Waals surface area contributed by atoms with Gasteiger partial charge in [0.2, 0.25) is 5.91 Å². The molecule has 0 aliphatic carbocycles. The molecule has 0 spiro atoms. The zero-order valence-corrected chi connectivity index (χ0v) is 18.7. The van der Waals surface area contributed by atoms with E-state index < -0.39 is 4.92 Å². The number of hydrogen-bond donors (Lipinski definition) is 2. The number of nitro groups is 1. The normalized spacial score (nSPS) is 10.8. The number of carbonyl (C=O) groups is 2. The lowest BCUT2D eigenvalue weighted by atomic mass is 10.1.